The quantitative estimate of drug-likeness (QED) is 0.750. The third kappa shape index (κ3) is 4.29. The predicted octanol–water partition coefficient (Wildman–Crippen LogP) is 2.75. The summed E-state index contributed by atoms with van der Waals surface area (Å²) in [6.45, 7) is 2.67. The van der Waals surface area contributed by atoms with Crippen molar-refractivity contribution in [3.05, 3.63) is 58.9 Å². The number of thiazole rings is 1. The Morgan fingerprint density at radius 3 is 3.00 bits per heavy atom. The average molecular weight is 340 g/mol. The summed E-state index contributed by atoms with van der Waals surface area (Å²) in [4.78, 5) is 16.6. The van der Waals surface area contributed by atoms with Crippen LogP contribution in [0.15, 0.2) is 42.0 Å². The second-order valence-corrected chi connectivity index (χ2v) is 6.67. The number of amides is 1. The summed E-state index contributed by atoms with van der Waals surface area (Å²) in [5.41, 5.74) is 4.24. The first-order valence-corrected chi connectivity index (χ1v) is 8.74. The number of carbonyl (C=O) groups is 1. The van der Waals surface area contributed by atoms with Crippen LogP contribution in [0.3, 0.4) is 0 Å². The molecular weight excluding hydrogens is 320 g/mol. The molecule has 1 aromatic carbocycles. The maximum absolute atomic E-state index is 12.0. The van der Waals surface area contributed by atoms with Crippen LogP contribution in [0, 0.1) is 6.92 Å². The predicted molar refractivity (Wildman–Crippen MR) is 95.9 cm³/mol. The Bertz CT molecular complexity index is 837. The van der Waals surface area contributed by atoms with Gasteiger partial charge in [0.25, 0.3) is 0 Å². The summed E-state index contributed by atoms with van der Waals surface area (Å²) in [5.74, 6) is -0.0000162. The first-order valence-electron chi connectivity index (χ1n) is 7.86. The second kappa shape index (κ2) is 7.40. The minimum Gasteiger partial charge on any atom is -0.355 e. The largest absolute Gasteiger partial charge is 0.355 e. The minimum absolute atomic E-state index is 0.0000162. The number of hydrogen-bond acceptors (Lipinski definition) is 4. The molecule has 0 saturated carbocycles. The molecule has 0 fully saturated rings. The van der Waals surface area contributed by atoms with Crippen LogP contribution in [0.2, 0.25) is 0 Å². The van der Waals surface area contributed by atoms with Crippen molar-refractivity contribution in [2.24, 2.45) is 7.05 Å². The zero-order valence-corrected chi connectivity index (χ0v) is 14.6. The van der Waals surface area contributed by atoms with Gasteiger partial charge in [-0.25, -0.2) is 4.98 Å². The van der Waals surface area contributed by atoms with E-state index in [4.69, 9.17) is 0 Å². The van der Waals surface area contributed by atoms with Gasteiger partial charge < -0.3 is 5.32 Å². The SMILES string of the molecule is Cc1cccc(-c2nc(CC(=O)NCCc3cnn(C)c3)cs2)c1. The Labute approximate surface area is 145 Å². The van der Waals surface area contributed by atoms with Gasteiger partial charge in [0.05, 0.1) is 18.3 Å². The van der Waals surface area contributed by atoms with Gasteiger partial charge in [0.15, 0.2) is 0 Å². The van der Waals surface area contributed by atoms with Gasteiger partial charge in [-0.3, -0.25) is 9.48 Å². The summed E-state index contributed by atoms with van der Waals surface area (Å²) >= 11 is 1.57. The molecule has 0 aliphatic rings. The lowest BCUT2D eigenvalue weighted by molar-refractivity contribution is -0.120. The number of carbonyl (C=O) groups excluding carboxylic acids is 1. The Morgan fingerprint density at radius 1 is 1.38 bits per heavy atom. The molecule has 5 nitrogen and oxygen atoms in total. The summed E-state index contributed by atoms with van der Waals surface area (Å²) in [7, 11) is 1.89. The molecule has 2 aromatic heterocycles. The van der Waals surface area contributed by atoms with E-state index in [2.05, 4.69) is 34.5 Å². The number of nitrogens with zero attached hydrogens (tertiary/aromatic N) is 3. The van der Waals surface area contributed by atoms with E-state index < -0.39 is 0 Å². The van der Waals surface area contributed by atoms with Gasteiger partial charge in [-0.15, -0.1) is 11.3 Å². The van der Waals surface area contributed by atoms with Gasteiger partial charge in [0.1, 0.15) is 5.01 Å². The number of rotatable bonds is 6. The molecule has 3 aromatic rings. The molecular formula is C18H20N4OS. The summed E-state index contributed by atoms with van der Waals surface area (Å²) in [6, 6.07) is 8.24. The van der Waals surface area contributed by atoms with Crippen LogP contribution in [0.4, 0.5) is 0 Å². The third-order valence-corrected chi connectivity index (χ3v) is 4.59. The molecule has 124 valence electrons. The molecule has 0 saturated heterocycles. The van der Waals surface area contributed by atoms with E-state index in [9.17, 15) is 4.79 Å². The van der Waals surface area contributed by atoms with E-state index in [0.717, 1.165) is 28.2 Å². The van der Waals surface area contributed by atoms with Crippen LogP contribution in [0.1, 0.15) is 16.8 Å². The molecule has 0 aliphatic heterocycles. The highest BCUT2D eigenvalue weighted by Crippen LogP contribution is 2.24. The van der Waals surface area contributed by atoms with Crippen LogP contribution >= 0.6 is 11.3 Å². The van der Waals surface area contributed by atoms with Crippen molar-refractivity contribution >= 4 is 17.2 Å². The first-order chi connectivity index (χ1) is 11.6. The molecule has 0 spiro atoms. The molecule has 0 unspecified atom stereocenters. The fourth-order valence-corrected chi connectivity index (χ4v) is 3.29. The lowest BCUT2D eigenvalue weighted by Gasteiger charge is -2.02. The van der Waals surface area contributed by atoms with E-state index in [1.807, 2.05) is 37.0 Å². The summed E-state index contributed by atoms with van der Waals surface area (Å²) < 4.78 is 1.76. The van der Waals surface area contributed by atoms with Gasteiger partial charge in [-0.05, 0) is 25.0 Å². The Morgan fingerprint density at radius 2 is 2.25 bits per heavy atom. The Balaban J connectivity index is 1.51. The number of benzene rings is 1. The van der Waals surface area contributed by atoms with Crippen molar-refractivity contribution in [2.45, 2.75) is 19.8 Å². The standard InChI is InChI=1S/C18H20N4OS/c1-13-4-3-5-15(8-13)18-21-16(12-24-18)9-17(23)19-7-6-14-10-20-22(2)11-14/h3-5,8,10-12H,6-7,9H2,1-2H3,(H,19,23). The average Bonchev–Trinajstić information content (AvgIpc) is 3.17. The number of aromatic nitrogens is 3. The normalized spacial score (nSPS) is 10.8. The first kappa shape index (κ1) is 16.4. The lowest BCUT2D eigenvalue weighted by atomic mass is 10.1. The topological polar surface area (TPSA) is 59.8 Å². The van der Waals surface area contributed by atoms with E-state index in [1.165, 1.54) is 5.56 Å². The molecule has 6 heteroatoms. The van der Waals surface area contributed by atoms with Crippen molar-refractivity contribution < 1.29 is 4.79 Å². The van der Waals surface area contributed by atoms with Gasteiger partial charge in [-0.1, -0.05) is 23.8 Å². The zero-order valence-electron chi connectivity index (χ0n) is 13.8. The highest BCUT2D eigenvalue weighted by Gasteiger charge is 2.09. The minimum atomic E-state index is -0.0000162. The highest BCUT2D eigenvalue weighted by molar-refractivity contribution is 7.13. The number of hydrogen-bond donors (Lipinski definition) is 1. The van der Waals surface area contributed by atoms with Crippen LogP contribution < -0.4 is 5.32 Å². The second-order valence-electron chi connectivity index (χ2n) is 5.81. The van der Waals surface area contributed by atoms with Crippen molar-refractivity contribution in [3.63, 3.8) is 0 Å². The third-order valence-electron chi connectivity index (χ3n) is 3.65. The fourth-order valence-electron chi connectivity index (χ4n) is 2.47. The van der Waals surface area contributed by atoms with E-state index in [-0.39, 0.29) is 5.91 Å². The molecule has 0 bridgehead atoms. The Kier molecular flexibility index (Phi) is 5.05. The molecule has 3 rings (SSSR count). The van der Waals surface area contributed by atoms with Crippen molar-refractivity contribution in [3.8, 4) is 10.6 Å². The fraction of sp³-hybridized carbons (Fsp3) is 0.278. The molecule has 0 radical (unpaired) electrons. The maximum atomic E-state index is 12.0. The molecule has 2 heterocycles. The van der Waals surface area contributed by atoms with Crippen molar-refractivity contribution in [1.29, 1.82) is 0 Å². The van der Waals surface area contributed by atoms with Crippen LogP contribution in [0.5, 0.6) is 0 Å². The Hall–Kier alpha value is -2.47. The summed E-state index contributed by atoms with van der Waals surface area (Å²) in [5, 5.41) is 9.96. The maximum Gasteiger partial charge on any atom is 0.226 e. The summed E-state index contributed by atoms with van der Waals surface area (Å²) in [6.07, 6.45) is 4.88. The number of nitrogens with one attached hydrogen (secondary N) is 1. The van der Waals surface area contributed by atoms with Gasteiger partial charge in [0.2, 0.25) is 5.91 Å². The van der Waals surface area contributed by atoms with Crippen LogP contribution in [0.25, 0.3) is 10.6 Å². The van der Waals surface area contributed by atoms with Gasteiger partial charge in [-0.2, -0.15) is 5.10 Å². The van der Waals surface area contributed by atoms with E-state index in [0.29, 0.717) is 13.0 Å². The lowest BCUT2D eigenvalue weighted by Crippen LogP contribution is -2.27. The van der Waals surface area contributed by atoms with Gasteiger partial charge in [0, 0.05) is 30.7 Å². The molecule has 0 atom stereocenters. The van der Waals surface area contributed by atoms with Crippen LogP contribution in [-0.2, 0) is 24.7 Å². The molecule has 0 aliphatic carbocycles. The van der Waals surface area contributed by atoms with Crippen molar-refractivity contribution in [1.82, 2.24) is 20.1 Å². The number of aryl methyl sites for hydroxylation is 2. The van der Waals surface area contributed by atoms with E-state index in [1.54, 1.807) is 16.0 Å². The molecule has 1 N–H and O–H groups in total. The smallest absolute Gasteiger partial charge is 0.226 e. The zero-order chi connectivity index (χ0) is 16.9. The van der Waals surface area contributed by atoms with Crippen LogP contribution in [-0.4, -0.2) is 27.2 Å². The molecule has 1 amide bonds. The van der Waals surface area contributed by atoms with Crippen molar-refractivity contribution in [2.75, 3.05) is 6.54 Å². The highest BCUT2D eigenvalue weighted by atomic mass is 32.1. The van der Waals surface area contributed by atoms with E-state index >= 15 is 0 Å². The monoisotopic (exact) mass is 340 g/mol. The van der Waals surface area contributed by atoms with Gasteiger partial charge >= 0.3 is 0 Å². The molecule has 24 heavy (non-hydrogen) atoms.